The monoisotopic (exact) mass is 573 g/mol. The molecule has 168 valence electrons. The molecule has 0 aliphatic heterocycles. The van der Waals surface area contributed by atoms with Crippen LogP contribution in [0.2, 0.25) is 0 Å². The zero-order valence-electron chi connectivity index (χ0n) is 17.3. The number of amides is 1. The largest absolute Gasteiger partial charge is 0.366 e. The number of halogens is 1. The molecule has 0 saturated heterocycles. The van der Waals surface area contributed by atoms with Crippen LogP contribution in [0, 0.1) is 3.57 Å². The molecular weight excluding hydrogens is 553 g/mol. The number of carbonyl (C=O) groups excluding carboxylic acids is 1. The zero-order chi connectivity index (χ0) is 23.4. The first-order valence-corrected chi connectivity index (χ1v) is 12.8. The average Bonchev–Trinajstić information content (AvgIpc) is 3.48. The Morgan fingerprint density at radius 3 is 2.36 bits per heavy atom. The third-order valence-corrected chi connectivity index (χ3v) is 7.77. The van der Waals surface area contributed by atoms with Gasteiger partial charge in [0.2, 0.25) is 21.9 Å². The van der Waals surface area contributed by atoms with Crippen LogP contribution in [-0.4, -0.2) is 23.9 Å². The van der Waals surface area contributed by atoms with Gasteiger partial charge in [-0.1, -0.05) is 18.2 Å². The summed E-state index contributed by atoms with van der Waals surface area (Å²) < 4.78 is 26.5. The number of aromatic nitrogens is 2. The molecule has 8 nitrogen and oxygen atoms in total. The molecule has 3 aromatic carbocycles. The van der Waals surface area contributed by atoms with Crippen LogP contribution < -0.4 is 16.2 Å². The Kier molecular flexibility index (Phi) is 5.18. The molecule has 1 amide bonds. The lowest BCUT2D eigenvalue weighted by molar-refractivity contribution is 0.100. The van der Waals surface area contributed by atoms with Gasteiger partial charge in [0.05, 0.1) is 21.5 Å². The standard InChI is InChI=1S/C23H20IN5O3S/c24-18-4-2-1-3-17(18)23(11-12-23)29-20-10-5-14(21(25)30)13-19(20)28-22(29)27-15-6-8-16(9-7-15)33(26,31)32/h1-10,13H,11-12H2,(H2,25,30)(H,27,28)(H2,26,31,32). The highest BCUT2D eigenvalue weighted by molar-refractivity contribution is 14.1. The van der Waals surface area contributed by atoms with E-state index in [1.54, 1.807) is 24.3 Å². The van der Waals surface area contributed by atoms with Gasteiger partial charge in [0.25, 0.3) is 0 Å². The molecule has 1 fully saturated rings. The van der Waals surface area contributed by atoms with Crippen LogP contribution in [0.5, 0.6) is 0 Å². The van der Waals surface area contributed by atoms with Crippen LogP contribution in [-0.2, 0) is 15.6 Å². The molecular formula is C23H20IN5O3S. The van der Waals surface area contributed by atoms with Gasteiger partial charge in [-0.3, -0.25) is 9.36 Å². The van der Waals surface area contributed by atoms with Gasteiger partial charge in [-0.2, -0.15) is 0 Å². The summed E-state index contributed by atoms with van der Waals surface area (Å²) in [6.45, 7) is 0. The van der Waals surface area contributed by atoms with Gasteiger partial charge >= 0.3 is 0 Å². The molecule has 1 aromatic heterocycles. The third kappa shape index (κ3) is 3.87. The maximum atomic E-state index is 11.7. The number of carbonyl (C=O) groups is 1. The van der Waals surface area contributed by atoms with E-state index < -0.39 is 15.9 Å². The van der Waals surface area contributed by atoms with E-state index in [0.29, 0.717) is 22.7 Å². The van der Waals surface area contributed by atoms with E-state index in [1.165, 1.54) is 17.7 Å². The molecule has 1 aliphatic carbocycles. The molecule has 0 atom stereocenters. The molecule has 1 aliphatic rings. The predicted molar refractivity (Wildman–Crippen MR) is 135 cm³/mol. The number of anilines is 2. The molecule has 0 spiro atoms. The first-order valence-electron chi connectivity index (χ1n) is 10.2. The summed E-state index contributed by atoms with van der Waals surface area (Å²) >= 11 is 2.35. The SMILES string of the molecule is NC(=O)c1ccc2c(c1)nc(Nc1ccc(S(N)(=O)=O)cc1)n2C1(c2ccccc2I)CC1. The number of primary amides is 1. The minimum Gasteiger partial charge on any atom is -0.366 e. The highest BCUT2D eigenvalue weighted by Crippen LogP contribution is 2.53. The van der Waals surface area contributed by atoms with E-state index in [2.05, 4.69) is 44.6 Å². The van der Waals surface area contributed by atoms with Crippen LogP contribution in [0.25, 0.3) is 11.0 Å². The minimum atomic E-state index is -3.78. The van der Waals surface area contributed by atoms with Crippen molar-refractivity contribution in [3.63, 3.8) is 0 Å². The van der Waals surface area contributed by atoms with Gasteiger partial charge in [-0.25, -0.2) is 18.5 Å². The fourth-order valence-electron chi connectivity index (χ4n) is 4.18. The van der Waals surface area contributed by atoms with Crippen LogP contribution in [0.4, 0.5) is 11.6 Å². The van der Waals surface area contributed by atoms with E-state index in [-0.39, 0.29) is 10.4 Å². The molecule has 0 unspecified atom stereocenters. The maximum absolute atomic E-state index is 11.7. The molecule has 1 saturated carbocycles. The highest BCUT2D eigenvalue weighted by Gasteiger charge is 2.49. The fraction of sp³-hybridized carbons (Fsp3) is 0.130. The number of primary sulfonamides is 1. The summed E-state index contributed by atoms with van der Waals surface area (Å²) in [7, 11) is -3.78. The van der Waals surface area contributed by atoms with Crippen molar-refractivity contribution in [2.45, 2.75) is 23.3 Å². The first kappa shape index (κ1) is 21.9. The number of nitrogens with one attached hydrogen (secondary N) is 1. The lowest BCUT2D eigenvalue weighted by Gasteiger charge is -2.23. The Labute approximate surface area is 204 Å². The Balaban J connectivity index is 1.67. The quantitative estimate of drug-likeness (QED) is 0.303. The Bertz CT molecular complexity index is 1510. The number of nitrogens with two attached hydrogens (primary N) is 2. The van der Waals surface area contributed by atoms with Crippen molar-refractivity contribution in [1.82, 2.24) is 9.55 Å². The number of imidazole rings is 1. The van der Waals surface area contributed by atoms with Crippen LogP contribution in [0.3, 0.4) is 0 Å². The number of rotatable bonds is 6. The molecule has 5 N–H and O–H groups in total. The maximum Gasteiger partial charge on any atom is 0.248 e. The van der Waals surface area contributed by atoms with Gasteiger partial charge < -0.3 is 11.1 Å². The molecule has 4 aromatic rings. The van der Waals surface area contributed by atoms with Crippen molar-refractivity contribution in [3.8, 4) is 0 Å². The molecule has 5 rings (SSSR count). The van der Waals surface area contributed by atoms with Crippen LogP contribution in [0.1, 0.15) is 28.8 Å². The zero-order valence-corrected chi connectivity index (χ0v) is 20.3. The molecule has 10 heteroatoms. The Hall–Kier alpha value is -2.96. The Morgan fingerprint density at radius 1 is 1.06 bits per heavy atom. The first-order chi connectivity index (χ1) is 15.7. The smallest absolute Gasteiger partial charge is 0.248 e. The normalized spacial score (nSPS) is 14.8. The summed E-state index contributed by atoms with van der Waals surface area (Å²) in [6, 6.07) is 19.7. The number of fused-ring (bicyclic) bond motifs is 1. The van der Waals surface area contributed by atoms with Gasteiger partial charge in [-0.05, 0) is 89.5 Å². The summed E-state index contributed by atoms with van der Waals surface area (Å²) in [5.74, 6) is 0.0745. The third-order valence-electron chi connectivity index (χ3n) is 5.90. The van der Waals surface area contributed by atoms with Crippen LogP contribution >= 0.6 is 22.6 Å². The van der Waals surface area contributed by atoms with Crippen molar-refractivity contribution in [2.24, 2.45) is 10.9 Å². The lowest BCUT2D eigenvalue weighted by atomic mass is 10.0. The van der Waals surface area contributed by atoms with E-state index >= 15 is 0 Å². The summed E-state index contributed by atoms with van der Waals surface area (Å²) in [5.41, 5.74) is 8.98. The van der Waals surface area contributed by atoms with Gasteiger partial charge in [0.15, 0.2) is 0 Å². The van der Waals surface area contributed by atoms with Gasteiger partial charge in [0, 0.05) is 14.8 Å². The van der Waals surface area contributed by atoms with Crippen LogP contribution in [0.15, 0.2) is 71.6 Å². The van der Waals surface area contributed by atoms with Crippen molar-refractivity contribution in [2.75, 3.05) is 5.32 Å². The second kappa shape index (κ2) is 7.82. The molecule has 33 heavy (non-hydrogen) atoms. The highest BCUT2D eigenvalue weighted by atomic mass is 127. The van der Waals surface area contributed by atoms with E-state index in [4.69, 9.17) is 15.9 Å². The Morgan fingerprint density at radius 2 is 1.76 bits per heavy atom. The minimum absolute atomic E-state index is 0.0326. The summed E-state index contributed by atoms with van der Waals surface area (Å²) in [6.07, 6.45) is 1.88. The fourth-order valence-corrected chi connectivity index (χ4v) is 5.58. The van der Waals surface area contributed by atoms with Gasteiger partial charge in [-0.15, -0.1) is 0 Å². The van der Waals surface area contributed by atoms with E-state index in [1.807, 2.05) is 18.2 Å². The number of hydrogen-bond acceptors (Lipinski definition) is 5. The second-order valence-electron chi connectivity index (χ2n) is 8.04. The number of hydrogen-bond donors (Lipinski definition) is 3. The number of benzene rings is 3. The predicted octanol–water partition coefficient (Wildman–Crippen LogP) is 3.67. The summed E-state index contributed by atoms with van der Waals surface area (Å²) in [5, 5.41) is 8.54. The topological polar surface area (TPSA) is 133 Å². The molecule has 0 radical (unpaired) electrons. The van der Waals surface area contributed by atoms with E-state index in [0.717, 1.165) is 21.9 Å². The lowest BCUT2D eigenvalue weighted by Crippen LogP contribution is -2.21. The van der Waals surface area contributed by atoms with E-state index in [9.17, 15) is 13.2 Å². The average molecular weight is 573 g/mol. The molecule has 0 bridgehead atoms. The van der Waals surface area contributed by atoms with Crippen molar-refractivity contribution >= 4 is 61.2 Å². The molecule has 1 heterocycles. The van der Waals surface area contributed by atoms with Crippen molar-refractivity contribution in [3.05, 3.63) is 81.4 Å². The number of nitrogens with zero attached hydrogens (tertiary/aromatic N) is 2. The second-order valence-corrected chi connectivity index (χ2v) is 10.8. The number of sulfonamides is 1. The van der Waals surface area contributed by atoms with Crippen molar-refractivity contribution in [1.29, 1.82) is 0 Å². The summed E-state index contributed by atoms with van der Waals surface area (Å²) in [4.78, 5) is 16.5. The van der Waals surface area contributed by atoms with Crippen molar-refractivity contribution < 1.29 is 13.2 Å². The van der Waals surface area contributed by atoms with Gasteiger partial charge in [0.1, 0.15) is 0 Å².